The zero-order chi connectivity index (χ0) is 21.6. The Morgan fingerprint density at radius 3 is 2.87 bits per heavy atom. The quantitative estimate of drug-likeness (QED) is 0.703. The Kier molecular flexibility index (Phi) is 4.57. The van der Waals surface area contributed by atoms with Crippen molar-refractivity contribution in [3.63, 3.8) is 0 Å². The fraction of sp³-hybridized carbons (Fsp3) is 0.348. The predicted octanol–water partition coefficient (Wildman–Crippen LogP) is 2.55. The lowest BCUT2D eigenvalue weighted by molar-refractivity contribution is -0.120. The molecule has 8 nitrogen and oxygen atoms in total. The van der Waals surface area contributed by atoms with E-state index >= 15 is 0 Å². The molecule has 0 unspecified atom stereocenters. The number of rotatable bonds is 4. The van der Waals surface area contributed by atoms with E-state index in [4.69, 9.17) is 4.42 Å². The maximum Gasteiger partial charge on any atom is 0.289 e. The third-order valence-electron chi connectivity index (χ3n) is 6.05. The summed E-state index contributed by atoms with van der Waals surface area (Å²) in [5, 5.41) is 3.00. The normalized spacial score (nSPS) is 19.6. The summed E-state index contributed by atoms with van der Waals surface area (Å²) in [6, 6.07) is 11.4. The van der Waals surface area contributed by atoms with Gasteiger partial charge in [-0.05, 0) is 56.7 Å². The average molecular weight is 419 g/mol. The van der Waals surface area contributed by atoms with E-state index in [0.29, 0.717) is 25.3 Å². The molecular weight excluding hydrogens is 394 g/mol. The maximum atomic E-state index is 13.0. The Balaban J connectivity index is 1.57. The highest BCUT2D eigenvalue weighted by Crippen LogP contribution is 2.47. The Morgan fingerprint density at radius 2 is 2.10 bits per heavy atom. The van der Waals surface area contributed by atoms with Crippen LogP contribution in [0.3, 0.4) is 0 Å². The van der Waals surface area contributed by atoms with E-state index in [2.05, 4.69) is 25.8 Å². The number of hydrogen-bond donors (Lipinski definition) is 1. The van der Waals surface area contributed by atoms with Gasteiger partial charge in [-0.2, -0.15) is 0 Å². The zero-order valence-electron chi connectivity index (χ0n) is 17.6. The highest BCUT2D eigenvalue weighted by atomic mass is 16.3. The van der Waals surface area contributed by atoms with Crippen LogP contribution in [0.1, 0.15) is 36.5 Å². The zero-order valence-corrected chi connectivity index (χ0v) is 17.6. The van der Waals surface area contributed by atoms with Crippen LogP contribution in [0.25, 0.3) is 5.82 Å². The predicted molar refractivity (Wildman–Crippen MR) is 115 cm³/mol. The number of nitrogens with zero attached hydrogens (tertiary/aromatic N) is 4. The van der Waals surface area contributed by atoms with Gasteiger partial charge in [0.1, 0.15) is 5.54 Å². The number of pyridine rings is 1. The molecule has 1 spiro atoms. The lowest BCUT2D eigenvalue weighted by atomic mass is 9.88. The number of aromatic nitrogens is 2. The van der Waals surface area contributed by atoms with Crippen molar-refractivity contribution in [2.75, 3.05) is 24.5 Å². The van der Waals surface area contributed by atoms with E-state index in [1.165, 1.54) is 6.26 Å². The Morgan fingerprint density at radius 1 is 1.23 bits per heavy atom. The van der Waals surface area contributed by atoms with Crippen molar-refractivity contribution < 1.29 is 14.0 Å². The van der Waals surface area contributed by atoms with Gasteiger partial charge in [0.25, 0.3) is 5.91 Å². The van der Waals surface area contributed by atoms with Crippen molar-refractivity contribution in [2.45, 2.75) is 31.8 Å². The van der Waals surface area contributed by atoms with E-state index < -0.39 is 5.54 Å². The summed E-state index contributed by atoms with van der Waals surface area (Å²) >= 11 is 0. The topological polar surface area (TPSA) is 83.6 Å². The molecule has 1 saturated heterocycles. The van der Waals surface area contributed by atoms with Gasteiger partial charge in [-0.3, -0.25) is 9.59 Å². The molecule has 2 amide bonds. The number of carbonyl (C=O) groups excluding carboxylic acids is 2. The van der Waals surface area contributed by atoms with Gasteiger partial charge in [-0.1, -0.05) is 0 Å². The molecule has 0 aliphatic carbocycles. The molecule has 3 aromatic rings. The van der Waals surface area contributed by atoms with Gasteiger partial charge in [0.2, 0.25) is 5.91 Å². The number of carbonyl (C=O) groups is 2. The number of amides is 2. The minimum absolute atomic E-state index is 0.0473. The van der Waals surface area contributed by atoms with Crippen molar-refractivity contribution in [3.05, 3.63) is 66.5 Å². The first-order chi connectivity index (χ1) is 15.0. The van der Waals surface area contributed by atoms with E-state index in [-0.39, 0.29) is 24.4 Å². The van der Waals surface area contributed by atoms with E-state index in [9.17, 15) is 9.59 Å². The number of anilines is 1. The lowest BCUT2D eigenvalue weighted by Crippen LogP contribution is -2.56. The van der Waals surface area contributed by atoms with Crippen molar-refractivity contribution >= 4 is 17.5 Å². The van der Waals surface area contributed by atoms with E-state index in [1.807, 2.05) is 43.1 Å². The fourth-order valence-corrected chi connectivity index (χ4v) is 4.80. The average Bonchev–Trinajstić information content (AvgIpc) is 3.51. The molecule has 2 aliphatic heterocycles. The molecular formula is C23H25N5O3. The first-order valence-corrected chi connectivity index (χ1v) is 10.5. The van der Waals surface area contributed by atoms with Crippen LogP contribution in [0.2, 0.25) is 0 Å². The molecule has 0 bridgehead atoms. The van der Waals surface area contributed by atoms with Crippen LogP contribution in [-0.2, 0) is 10.3 Å². The highest BCUT2D eigenvalue weighted by molar-refractivity contribution is 5.92. The first kappa shape index (κ1) is 19.4. The molecule has 5 rings (SSSR count). The van der Waals surface area contributed by atoms with Gasteiger partial charge < -0.3 is 24.1 Å². The molecule has 5 heterocycles. The van der Waals surface area contributed by atoms with Gasteiger partial charge in [0, 0.05) is 25.0 Å². The standard InChI is InChI=1S/C23H25N5O3/c1-16(2)25-20(29)14-28-17-6-3-10-24-21(17)27-11-4-8-19(27)23(28)9-12-26(15-23)22(30)18-7-5-13-31-18/h3-8,10-11,13,16H,9,12,14-15H2,1-2H3,(H,25,29)/t23-/m1/s1. The van der Waals surface area contributed by atoms with Gasteiger partial charge >= 0.3 is 0 Å². The largest absolute Gasteiger partial charge is 0.459 e. The summed E-state index contributed by atoms with van der Waals surface area (Å²) < 4.78 is 7.42. The molecule has 160 valence electrons. The van der Waals surface area contributed by atoms with Crippen LogP contribution >= 0.6 is 0 Å². The number of fused-ring (bicyclic) bond motifs is 4. The maximum absolute atomic E-state index is 13.0. The van der Waals surface area contributed by atoms with Crippen LogP contribution in [0.4, 0.5) is 5.69 Å². The van der Waals surface area contributed by atoms with Crippen LogP contribution < -0.4 is 10.2 Å². The lowest BCUT2D eigenvalue weighted by Gasteiger charge is -2.46. The molecule has 31 heavy (non-hydrogen) atoms. The molecule has 1 fully saturated rings. The van der Waals surface area contributed by atoms with E-state index in [0.717, 1.165) is 17.2 Å². The minimum Gasteiger partial charge on any atom is -0.459 e. The summed E-state index contributed by atoms with van der Waals surface area (Å²) in [7, 11) is 0. The molecule has 1 N–H and O–H groups in total. The summed E-state index contributed by atoms with van der Waals surface area (Å²) in [6.45, 7) is 5.11. The second kappa shape index (κ2) is 7.30. The molecule has 1 atom stereocenters. The summed E-state index contributed by atoms with van der Waals surface area (Å²) in [5.74, 6) is 0.930. The van der Waals surface area contributed by atoms with Crippen LogP contribution in [0.15, 0.2) is 59.5 Å². The van der Waals surface area contributed by atoms with Gasteiger partial charge in [-0.15, -0.1) is 0 Å². The molecule has 2 aliphatic rings. The summed E-state index contributed by atoms with van der Waals surface area (Å²) in [5.41, 5.74) is 1.39. The molecule has 8 heteroatoms. The SMILES string of the molecule is CC(C)NC(=O)CN1c2cccnc2-n2cccc2[C@]12CCN(C(=O)c1ccco1)C2. The molecule has 0 aromatic carbocycles. The summed E-state index contributed by atoms with van der Waals surface area (Å²) in [4.78, 5) is 34.4. The number of likely N-dealkylation sites (tertiary alicyclic amines) is 1. The number of nitrogens with one attached hydrogen (secondary N) is 1. The second-order valence-electron chi connectivity index (χ2n) is 8.40. The van der Waals surface area contributed by atoms with Crippen molar-refractivity contribution in [1.82, 2.24) is 19.8 Å². The van der Waals surface area contributed by atoms with Gasteiger partial charge in [-0.25, -0.2) is 4.98 Å². The van der Waals surface area contributed by atoms with Crippen molar-refractivity contribution in [2.24, 2.45) is 0 Å². The van der Waals surface area contributed by atoms with Gasteiger partial charge in [0.15, 0.2) is 11.6 Å². The number of furan rings is 1. The molecule has 3 aromatic heterocycles. The van der Waals surface area contributed by atoms with Gasteiger partial charge in [0.05, 0.1) is 30.7 Å². The van der Waals surface area contributed by atoms with Crippen LogP contribution in [0, 0.1) is 0 Å². The highest BCUT2D eigenvalue weighted by Gasteiger charge is 2.51. The second-order valence-corrected chi connectivity index (χ2v) is 8.40. The third kappa shape index (κ3) is 3.10. The monoisotopic (exact) mass is 419 g/mol. The number of hydrogen-bond acceptors (Lipinski definition) is 5. The summed E-state index contributed by atoms with van der Waals surface area (Å²) in [6.07, 6.45) is 5.96. The van der Waals surface area contributed by atoms with Crippen molar-refractivity contribution in [3.8, 4) is 5.82 Å². The van der Waals surface area contributed by atoms with Crippen LogP contribution in [0.5, 0.6) is 0 Å². The van der Waals surface area contributed by atoms with E-state index in [1.54, 1.807) is 18.3 Å². The van der Waals surface area contributed by atoms with Crippen LogP contribution in [-0.4, -0.2) is 51.9 Å². The Hall–Kier alpha value is -3.55. The first-order valence-electron chi connectivity index (χ1n) is 10.5. The Labute approximate surface area is 180 Å². The third-order valence-corrected chi connectivity index (χ3v) is 6.05. The fourth-order valence-electron chi connectivity index (χ4n) is 4.80. The molecule has 0 saturated carbocycles. The van der Waals surface area contributed by atoms with Crippen molar-refractivity contribution in [1.29, 1.82) is 0 Å². The Bertz CT molecular complexity index is 1120. The molecule has 0 radical (unpaired) electrons. The minimum atomic E-state index is -0.532. The smallest absolute Gasteiger partial charge is 0.289 e.